The predicted octanol–water partition coefficient (Wildman–Crippen LogP) is 3.59. The van der Waals surface area contributed by atoms with Gasteiger partial charge < -0.3 is 4.98 Å². The average Bonchev–Trinajstić information content (AvgIpc) is 2.58. The van der Waals surface area contributed by atoms with Gasteiger partial charge in [-0.2, -0.15) is 0 Å². The highest BCUT2D eigenvalue weighted by molar-refractivity contribution is 9.13. The Labute approximate surface area is 113 Å². The first-order chi connectivity index (χ1) is 7.60. The monoisotopic (exact) mass is 362 g/mol. The van der Waals surface area contributed by atoms with Gasteiger partial charge in [-0.1, -0.05) is 6.92 Å². The summed E-state index contributed by atoms with van der Waals surface area (Å²) in [7, 11) is 0. The van der Waals surface area contributed by atoms with E-state index in [0.29, 0.717) is 5.82 Å². The lowest BCUT2D eigenvalue weighted by molar-refractivity contribution is 0.990. The van der Waals surface area contributed by atoms with E-state index in [2.05, 4.69) is 41.8 Å². The van der Waals surface area contributed by atoms with Gasteiger partial charge in [0.1, 0.15) is 0 Å². The van der Waals surface area contributed by atoms with Crippen molar-refractivity contribution in [2.45, 2.75) is 13.3 Å². The maximum atomic E-state index is 11.4. The summed E-state index contributed by atoms with van der Waals surface area (Å²) < 4.78 is 1.96. The Morgan fingerprint density at radius 3 is 2.75 bits per heavy atom. The molecule has 2 aromatic rings. The van der Waals surface area contributed by atoms with Crippen molar-refractivity contribution in [3.63, 3.8) is 0 Å². The zero-order chi connectivity index (χ0) is 11.7. The highest BCUT2D eigenvalue weighted by Gasteiger charge is 2.09. The largest absolute Gasteiger partial charge is 0.306 e. The molecule has 0 spiro atoms. The molecule has 0 fully saturated rings. The van der Waals surface area contributed by atoms with E-state index < -0.39 is 0 Å². The Bertz CT molecular complexity index is 557. The summed E-state index contributed by atoms with van der Waals surface area (Å²) in [6.07, 6.45) is 0.755. The maximum Gasteiger partial charge on any atom is 0.251 e. The summed E-state index contributed by atoms with van der Waals surface area (Å²) in [5.41, 5.74) is 0.696. The summed E-state index contributed by atoms with van der Waals surface area (Å²) in [4.78, 5) is 19.5. The molecule has 0 unspecified atom stereocenters. The molecule has 1 N–H and O–H groups in total. The Morgan fingerprint density at radius 1 is 1.44 bits per heavy atom. The van der Waals surface area contributed by atoms with Gasteiger partial charge in [0.2, 0.25) is 0 Å². The number of aromatic nitrogens is 2. The fraction of sp³-hybridized carbons (Fsp3) is 0.200. The van der Waals surface area contributed by atoms with Crippen LogP contribution < -0.4 is 5.56 Å². The third-order valence-corrected chi connectivity index (χ3v) is 5.30. The van der Waals surface area contributed by atoms with Gasteiger partial charge in [-0.3, -0.25) is 4.79 Å². The van der Waals surface area contributed by atoms with E-state index in [1.54, 1.807) is 0 Å². The van der Waals surface area contributed by atoms with Crippen LogP contribution >= 0.6 is 43.2 Å². The summed E-state index contributed by atoms with van der Waals surface area (Å²) in [6, 6.07) is 3.47. The van der Waals surface area contributed by atoms with Gasteiger partial charge in [0.15, 0.2) is 5.82 Å². The fourth-order valence-electron chi connectivity index (χ4n) is 1.27. The van der Waals surface area contributed by atoms with E-state index in [9.17, 15) is 4.79 Å². The molecular formula is C10H8Br2N2OS. The van der Waals surface area contributed by atoms with Gasteiger partial charge in [-0.25, -0.2) is 4.98 Å². The number of hydrogen-bond acceptors (Lipinski definition) is 3. The minimum Gasteiger partial charge on any atom is -0.306 e. The average molecular weight is 364 g/mol. The third kappa shape index (κ3) is 2.44. The highest BCUT2D eigenvalue weighted by Crippen LogP contribution is 2.36. The van der Waals surface area contributed by atoms with Crippen molar-refractivity contribution in [2.75, 3.05) is 0 Å². The van der Waals surface area contributed by atoms with Crippen LogP contribution in [0.15, 0.2) is 25.2 Å². The molecule has 0 atom stereocenters. The van der Waals surface area contributed by atoms with Crippen LogP contribution in [0.3, 0.4) is 0 Å². The highest BCUT2D eigenvalue weighted by atomic mass is 79.9. The number of aryl methyl sites for hydroxylation is 1. The second kappa shape index (κ2) is 4.81. The second-order valence-corrected chi connectivity index (χ2v) is 6.40. The fourth-order valence-corrected chi connectivity index (χ4v) is 3.25. The smallest absolute Gasteiger partial charge is 0.251 e. The molecule has 0 aliphatic rings. The maximum absolute atomic E-state index is 11.4. The van der Waals surface area contributed by atoms with E-state index in [1.165, 1.54) is 17.4 Å². The van der Waals surface area contributed by atoms with Crippen LogP contribution in [0, 0.1) is 0 Å². The molecule has 6 heteroatoms. The molecular weight excluding hydrogens is 356 g/mol. The van der Waals surface area contributed by atoms with Crippen molar-refractivity contribution >= 4 is 43.2 Å². The molecule has 84 valence electrons. The van der Waals surface area contributed by atoms with Crippen molar-refractivity contribution in [3.05, 3.63) is 36.4 Å². The first kappa shape index (κ1) is 12.0. The van der Waals surface area contributed by atoms with Crippen molar-refractivity contribution in [1.29, 1.82) is 0 Å². The minimum atomic E-state index is -0.109. The number of nitrogens with zero attached hydrogens (tertiary/aromatic N) is 1. The first-order valence-electron chi connectivity index (χ1n) is 4.65. The van der Waals surface area contributed by atoms with E-state index >= 15 is 0 Å². The number of rotatable bonds is 2. The summed E-state index contributed by atoms with van der Waals surface area (Å²) >= 11 is 8.36. The summed E-state index contributed by atoms with van der Waals surface area (Å²) in [5, 5.41) is 0. The molecule has 3 nitrogen and oxygen atoms in total. The van der Waals surface area contributed by atoms with Crippen LogP contribution in [-0.2, 0) is 6.42 Å². The molecule has 0 amide bonds. The zero-order valence-corrected chi connectivity index (χ0v) is 12.4. The van der Waals surface area contributed by atoms with E-state index in [-0.39, 0.29) is 5.56 Å². The van der Waals surface area contributed by atoms with E-state index in [1.807, 2.05) is 13.0 Å². The number of aromatic amines is 1. The molecule has 0 saturated heterocycles. The van der Waals surface area contributed by atoms with Crippen molar-refractivity contribution in [2.24, 2.45) is 0 Å². The van der Waals surface area contributed by atoms with Crippen molar-refractivity contribution in [1.82, 2.24) is 9.97 Å². The number of thiophene rings is 1. The predicted molar refractivity (Wildman–Crippen MR) is 72.9 cm³/mol. The van der Waals surface area contributed by atoms with Crippen LogP contribution in [0.2, 0.25) is 0 Å². The van der Waals surface area contributed by atoms with Crippen molar-refractivity contribution < 1.29 is 0 Å². The van der Waals surface area contributed by atoms with Gasteiger partial charge in [-0.05, 0) is 44.3 Å². The molecule has 0 saturated carbocycles. The van der Waals surface area contributed by atoms with Crippen LogP contribution in [0.25, 0.3) is 10.7 Å². The molecule has 2 rings (SSSR count). The van der Waals surface area contributed by atoms with Crippen LogP contribution in [0.4, 0.5) is 0 Å². The molecule has 0 radical (unpaired) electrons. The molecule has 0 bridgehead atoms. The Kier molecular flexibility index (Phi) is 3.61. The van der Waals surface area contributed by atoms with Crippen LogP contribution in [-0.4, -0.2) is 9.97 Å². The van der Waals surface area contributed by atoms with Gasteiger partial charge in [0.25, 0.3) is 5.56 Å². The Morgan fingerprint density at radius 2 is 2.19 bits per heavy atom. The summed E-state index contributed by atoms with van der Waals surface area (Å²) in [6.45, 7) is 1.98. The van der Waals surface area contributed by atoms with Gasteiger partial charge in [0.05, 0.1) is 8.66 Å². The van der Waals surface area contributed by atoms with Gasteiger partial charge >= 0.3 is 0 Å². The summed E-state index contributed by atoms with van der Waals surface area (Å²) in [5.74, 6) is 0.626. The first-order valence-corrected chi connectivity index (χ1v) is 7.06. The standard InChI is InChI=1S/C10H8Br2N2OS/c1-2-5-3-8(15)14-10(13-5)7-4-6(11)9(12)16-7/h3-4H,2H2,1H3,(H,13,14,15). The SMILES string of the molecule is CCc1cc(=O)[nH]c(-c2cc(Br)c(Br)s2)n1. The lowest BCUT2D eigenvalue weighted by Crippen LogP contribution is -2.09. The quantitative estimate of drug-likeness (QED) is 0.886. The van der Waals surface area contributed by atoms with Crippen LogP contribution in [0.5, 0.6) is 0 Å². The molecule has 2 heterocycles. The molecule has 2 aromatic heterocycles. The van der Waals surface area contributed by atoms with Gasteiger partial charge in [0, 0.05) is 16.2 Å². The molecule has 16 heavy (non-hydrogen) atoms. The van der Waals surface area contributed by atoms with E-state index in [0.717, 1.165) is 25.3 Å². The molecule has 0 aliphatic carbocycles. The number of halogens is 2. The number of nitrogens with one attached hydrogen (secondary N) is 1. The normalized spacial score (nSPS) is 10.7. The topological polar surface area (TPSA) is 45.8 Å². The second-order valence-electron chi connectivity index (χ2n) is 3.17. The van der Waals surface area contributed by atoms with Gasteiger partial charge in [-0.15, -0.1) is 11.3 Å². The lowest BCUT2D eigenvalue weighted by Gasteiger charge is -1.99. The minimum absolute atomic E-state index is 0.109. The molecule has 0 aromatic carbocycles. The molecule has 0 aliphatic heterocycles. The number of H-pyrrole nitrogens is 1. The Balaban J connectivity index is 2.55. The Hall–Kier alpha value is -0.460. The van der Waals surface area contributed by atoms with Crippen molar-refractivity contribution in [3.8, 4) is 10.7 Å². The van der Waals surface area contributed by atoms with Crippen LogP contribution in [0.1, 0.15) is 12.6 Å². The third-order valence-electron chi connectivity index (χ3n) is 2.04. The number of hydrogen-bond donors (Lipinski definition) is 1. The van der Waals surface area contributed by atoms with E-state index in [4.69, 9.17) is 0 Å². The zero-order valence-electron chi connectivity index (χ0n) is 8.38. The lowest BCUT2D eigenvalue weighted by atomic mass is 10.3.